The molecule has 172 valence electrons. The number of benzene rings is 2. The fourth-order valence-corrected chi connectivity index (χ4v) is 4.78. The van der Waals surface area contributed by atoms with E-state index in [0.29, 0.717) is 46.1 Å². The van der Waals surface area contributed by atoms with Crippen LogP contribution in [-0.4, -0.2) is 39.3 Å². The Labute approximate surface area is 207 Å². The molecule has 0 atom stereocenters. The molecule has 0 saturated carbocycles. The number of thiazole rings is 1. The SMILES string of the molecule is CC(C)N(Cc1nc(C(=O)N2CCc3ccccc3C2)cs1)C(=O)Nc1ccc(Cl)c(Cl)c1. The molecule has 1 N–H and O–H groups in total. The smallest absolute Gasteiger partial charge is 0.322 e. The number of hydrogen-bond acceptors (Lipinski definition) is 4. The molecule has 4 rings (SSSR count). The van der Waals surface area contributed by atoms with Crippen LogP contribution in [0.3, 0.4) is 0 Å². The molecule has 0 fully saturated rings. The van der Waals surface area contributed by atoms with E-state index in [-0.39, 0.29) is 18.0 Å². The van der Waals surface area contributed by atoms with Gasteiger partial charge in [0.25, 0.3) is 5.91 Å². The monoisotopic (exact) mass is 502 g/mol. The second-order valence-corrected chi connectivity index (χ2v) is 9.91. The molecule has 1 aromatic heterocycles. The van der Waals surface area contributed by atoms with Crippen molar-refractivity contribution < 1.29 is 9.59 Å². The molecule has 6 nitrogen and oxygen atoms in total. The Balaban J connectivity index is 1.43. The molecular weight excluding hydrogens is 479 g/mol. The largest absolute Gasteiger partial charge is 0.333 e. The molecule has 3 amide bonds. The summed E-state index contributed by atoms with van der Waals surface area (Å²) in [6.07, 6.45) is 0.842. The van der Waals surface area contributed by atoms with E-state index < -0.39 is 0 Å². The summed E-state index contributed by atoms with van der Waals surface area (Å²) in [5.74, 6) is -0.0802. The van der Waals surface area contributed by atoms with Crippen LogP contribution in [0.5, 0.6) is 0 Å². The Morgan fingerprint density at radius 3 is 2.64 bits per heavy atom. The van der Waals surface area contributed by atoms with Gasteiger partial charge in [0.05, 0.1) is 16.6 Å². The van der Waals surface area contributed by atoms with Gasteiger partial charge < -0.3 is 15.1 Å². The fraction of sp³-hybridized carbons (Fsp3) is 0.292. The van der Waals surface area contributed by atoms with Gasteiger partial charge in [-0.1, -0.05) is 47.5 Å². The van der Waals surface area contributed by atoms with Crippen LogP contribution in [0, 0.1) is 0 Å². The Kier molecular flexibility index (Phi) is 7.22. The summed E-state index contributed by atoms with van der Waals surface area (Å²) in [5.41, 5.74) is 3.45. The van der Waals surface area contributed by atoms with Gasteiger partial charge in [-0.15, -0.1) is 11.3 Å². The average Bonchev–Trinajstić information content (AvgIpc) is 3.27. The molecule has 1 aliphatic rings. The van der Waals surface area contributed by atoms with Crippen LogP contribution in [0.2, 0.25) is 10.0 Å². The van der Waals surface area contributed by atoms with Gasteiger partial charge in [0, 0.05) is 30.2 Å². The first-order chi connectivity index (χ1) is 15.8. The second kappa shape index (κ2) is 10.1. The molecule has 0 saturated heterocycles. The van der Waals surface area contributed by atoms with Crippen molar-refractivity contribution in [3.8, 4) is 0 Å². The van der Waals surface area contributed by atoms with Crippen molar-refractivity contribution in [2.45, 2.75) is 39.4 Å². The first kappa shape index (κ1) is 23.5. The number of nitrogens with one attached hydrogen (secondary N) is 1. The van der Waals surface area contributed by atoms with Gasteiger partial charge in [0.2, 0.25) is 0 Å². The molecule has 2 heterocycles. The number of carbonyl (C=O) groups excluding carboxylic acids is 2. The molecule has 0 unspecified atom stereocenters. The molecule has 2 aromatic carbocycles. The minimum Gasteiger partial charge on any atom is -0.333 e. The lowest BCUT2D eigenvalue weighted by molar-refractivity contribution is 0.0729. The molecule has 0 aliphatic carbocycles. The van der Waals surface area contributed by atoms with Crippen LogP contribution in [0.25, 0.3) is 0 Å². The molecule has 1 aliphatic heterocycles. The van der Waals surface area contributed by atoms with Crippen LogP contribution < -0.4 is 5.32 Å². The van der Waals surface area contributed by atoms with Gasteiger partial charge in [0.1, 0.15) is 10.7 Å². The molecule has 0 radical (unpaired) electrons. The highest BCUT2D eigenvalue weighted by molar-refractivity contribution is 7.09. The van der Waals surface area contributed by atoms with E-state index in [9.17, 15) is 9.59 Å². The van der Waals surface area contributed by atoms with Crippen LogP contribution >= 0.6 is 34.5 Å². The van der Waals surface area contributed by atoms with Gasteiger partial charge in [-0.3, -0.25) is 4.79 Å². The number of urea groups is 1. The Morgan fingerprint density at radius 1 is 1.15 bits per heavy atom. The van der Waals surface area contributed by atoms with E-state index in [0.717, 1.165) is 6.42 Å². The quantitative estimate of drug-likeness (QED) is 0.458. The van der Waals surface area contributed by atoms with Crippen molar-refractivity contribution >= 4 is 52.2 Å². The van der Waals surface area contributed by atoms with Crippen LogP contribution in [-0.2, 0) is 19.5 Å². The van der Waals surface area contributed by atoms with E-state index in [1.807, 2.05) is 30.9 Å². The first-order valence-electron chi connectivity index (χ1n) is 10.6. The number of halogens is 2. The van der Waals surface area contributed by atoms with Crippen molar-refractivity contribution in [2.75, 3.05) is 11.9 Å². The zero-order valence-electron chi connectivity index (χ0n) is 18.3. The number of carbonyl (C=O) groups is 2. The number of anilines is 1. The Morgan fingerprint density at radius 2 is 1.91 bits per heavy atom. The summed E-state index contributed by atoms with van der Waals surface area (Å²) in [7, 11) is 0. The van der Waals surface area contributed by atoms with E-state index in [4.69, 9.17) is 23.2 Å². The summed E-state index contributed by atoms with van der Waals surface area (Å²) in [6, 6.07) is 12.8. The molecule has 9 heteroatoms. The average molecular weight is 503 g/mol. The number of rotatable bonds is 5. The minimum absolute atomic E-state index is 0.0746. The number of aromatic nitrogens is 1. The van der Waals surface area contributed by atoms with Gasteiger partial charge in [0.15, 0.2) is 0 Å². The van der Waals surface area contributed by atoms with E-state index in [1.54, 1.807) is 28.5 Å². The van der Waals surface area contributed by atoms with Crippen LogP contribution in [0.15, 0.2) is 47.8 Å². The molecule has 0 bridgehead atoms. The molecule has 33 heavy (non-hydrogen) atoms. The van der Waals surface area contributed by atoms with E-state index in [2.05, 4.69) is 22.4 Å². The number of amides is 3. The van der Waals surface area contributed by atoms with Crippen molar-refractivity contribution in [1.82, 2.24) is 14.8 Å². The highest BCUT2D eigenvalue weighted by atomic mass is 35.5. The third-order valence-electron chi connectivity index (χ3n) is 5.55. The standard InChI is InChI=1S/C24H24Cl2N4O2S/c1-15(2)30(24(32)27-18-7-8-19(25)20(26)11-18)13-22-28-21(14-33-22)23(31)29-10-9-16-5-3-4-6-17(16)12-29/h3-8,11,14-15H,9-10,12-13H2,1-2H3,(H,27,32). The van der Waals surface area contributed by atoms with Crippen molar-refractivity contribution in [2.24, 2.45) is 0 Å². The minimum atomic E-state index is -0.279. The van der Waals surface area contributed by atoms with Gasteiger partial charge in [-0.05, 0) is 49.6 Å². The summed E-state index contributed by atoms with van der Waals surface area (Å²) in [4.78, 5) is 34.0. The van der Waals surface area contributed by atoms with Crippen molar-refractivity contribution in [3.63, 3.8) is 0 Å². The highest BCUT2D eigenvalue weighted by Gasteiger charge is 2.25. The molecular formula is C24H24Cl2N4O2S. The third-order valence-corrected chi connectivity index (χ3v) is 7.12. The lowest BCUT2D eigenvalue weighted by atomic mass is 10.00. The second-order valence-electron chi connectivity index (χ2n) is 8.15. The third kappa shape index (κ3) is 5.49. The maximum Gasteiger partial charge on any atom is 0.322 e. The maximum absolute atomic E-state index is 13.0. The predicted octanol–water partition coefficient (Wildman–Crippen LogP) is 6.09. The molecule has 3 aromatic rings. The zero-order valence-corrected chi connectivity index (χ0v) is 20.7. The predicted molar refractivity (Wildman–Crippen MR) is 133 cm³/mol. The summed E-state index contributed by atoms with van der Waals surface area (Å²) < 4.78 is 0. The Hall–Kier alpha value is -2.61. The van der Waals surface area contributed by atoms with Crippen LogP contribution in [0.1, 0.15) is 40.5 Å². The number of hydrogen-bond donors (Lipinski definition) is 1. The normalized spacial score (nSPS) is 13.1. The van der Waals surface area contributed by atoms with E-state index >= 15 is 0 Å². The number of fused-ring (bicyclic) bond motifs is 1. The maximum atomic E-state index is 13.0. The molecule has 0 spiro atoms. The summed E-state index contributed by atoms with van der Waals surface area (Å²) in [5, 5.41) is 6.11. The lowest BCUT2D eigenvalue weighted by Gasteiger charge is -2.28. The lowest BCUT2D eigenvalue weighted by Crippen LogP contribution is -2.39. The topological polar surface area (TPSA) is 65.5 Å². The Bertz CT molecular complexity index is 1180. The number of nitrogens with zero attached hydrogens (tertiary/aromatic N) is 3. The van der Waals surface area contributed by atoms with Gasteiger partial charge in [-0.25, -0.2) is 9.78 Å². The van der Waals surface area contributed by atoms with E-state index in [1.165, 1.54) is 22.5 Å². The fourth-order valence-electron chi connectivity index (χ4n) is 3.72. The summed E-state index contributed by atoms with van der Waals surface area (Å²) in [6.45, 7) is 5.42. The highest BCUT2D eigenvalue weighted by Crippen LogP contribution is 2.26. The zero-order chi connectivity index (χ0) is 23.5. The van der Waals surface area contributed by atoms with Crippen LogP contribution in [0.4, 0.5) is 10.5 Å². The van der Waals surface area contributed by atoms with Gasteiger partial charge in [-0.2, -0.15) is 0 Å². The van der Waals surface area contributed by atoms with Gasteiger partial charge >= 0.3 is 6.03 Å². The van der Waals surface area contributed by atoms with Crippen molar-refractivity contribution in [1.29, 1.82) is 0 Å². The first-order valence-corrected chi connectivity index (χ1v) is 12.3. The van der Waals surface area contributed by atoms with Crippen molar-refractivity contribution in [3.05, 3.63) is 79.7 Å². The summed E-state index contributed by atoms with van der Waals surface area (Å²) >= 11 is 13.4.